The fraction of sp³-hybridized carbons (Fsp3) is 0.308. The minimum atomic E-state index is -0.0275. The number of rotatable bonds is 5. The Balaban J connectivity index is 1.84. The molecular weight excluding hydrogens is 246 g/mol. The van der Waals surface area contributed by atoms with Crippen LogP contribution >= 0.6 is 11.3 Å². The lowest BCUT2D eigenvalue weighted by Crippen LogP contribution is -2.28. The second-order valence-corrected chi connectivity index (χ2v) is 5.31. The number of aromatic nitrogens is 1. The van der Waals surface area contributed by atoms with Gasteiger partial charge in [-0.15, -0.1) is 11.3 Å². The van der Waals surface area contributed by atoms with Gasteiger partial charge in [-0.3, -0.25) is 10.8 Å². The molecule has 1 aliphatic rings. The molecule has 0 spiro atoms. The van der Waals surface area contributed by atoms with Crippen LogP contribution in [0.5, 0.6) is 5.75 Å². The Labute approximate surface area is 110 Å². The molecule has 1 unspecified atom stereocenters. The van der Waals surface area contributed by atoms with Crippen LogP contribution in [0.3, 0.4) is 0 Å². The number of hydrogen-bond donors (Lipinski definition) is 2. The van der Waals surface area contributed by atoms with E-state index in [4.69, 9.17) is 10.6 Å². The van der Waals surface area contributed by atoms with Crippen LogP contribution in [0.25, 0.3) is 0 Å². The zero-order valence-electron chi connectivity index (χ0n) is 9.87. The van der Waals surface area contributed by atoms with Crippen LogP contribution in [-0.4, -0.2) is 11.1 Å². The van der Waals surface area contributed by atoms with E-state index in [1.165, 1.54) is 0 Å². The summed E-state index contributed by atoms with van der Waals surface area (Å²) in [5, 5.41) is 0. The van der Waals surface area contributed by atoms with Crippen LogP contribution in [-0.2, 0) is 0 Å². The van der Waals surface area contributed by atoms with Gasteiger partial charge in [0, 0.05) is 11.1 Å². The first kappa shape index (κ1) is 11.6. The molecule has 0 aliphatic heterocycles. The molecule has 5 heteroatoms. The highest BCUT2D eigenvalue weighted by Crippen LogP contribution is 2.30. The van der Waals surface area contributed by atoms with Crippen LogP contribution in [0.4, 0.5) is 0 Å². The first-order valence-corrected chi connectivity index (χ1v) is 6.86. The molecule has 0 radical (unpaired) electrons. The van der Waals surface area contributed by atoms with E-state index in [1.807, 2.05) is 36.0 Å². The van der Waals surface area contributed by atoms with E-state index in [-0.39, 0.29) is 6.04 Å². The highest BCUT2D eigenvalue weighted by molar-refractivity contribution is 7.09. The average Bonchev–Trinajstić information content (AvgIpc) is 3.04. The summed E-state index contributed by atoms with van der Waals surface area (Å²) in [6.07, 6.45) is 4.58. The Morgan fingerprint density at radius 2 is 2.33 bits per heavy atom. The number of ether oxygens (including phenoxy) is 1. The predicted molar refractivity (Wildman–Crippen MR) is 71.4 cm³/mol. The van der Waals surface area contributed by atoms with E-state index >= 15 is 0 Å². The third kappa shape index (κ3) is 2.53. The highest BCUT2D eigenvalue weighted by atomic mass is 32.1. The summed E-state index contributed by atoms with van der Waals surface area (Å²) < 4.78 is 5.80. The normalized spacial score (nSPS) is 16.5. The lowest BCUT2D eigenvalue weighted by molar-refractivity contribution is 0.302. The fourth-order valence-electron chi connectivity index (χ4n) is 1.86. The molecule has 1 atom stereocenters. The van der Waals surface area contributed by atoms with Gasteiger partial charge in [0.25, 0.3) is 0 Å². The Hall–Kier alpha value is -1.43. The van der Waals surface area contributed by atoms with Gasteiger partial charge in [-0.1, -0.05) is 12.1 Å². The zero-order valence-corrected chi connectivity index (χ0v) is 10.7. The molecule has 18 heavy (non-hydrogen) atoms. The number of benzene rings is 1. The van der Waals surface area contributed by atoms with Gasteiger partial charge < -0.3 is 4.74 Å². The summed E-state index contributed by atoms with van der Waals surface area (Å²) in [6.45, 7) is 0. The van der Waals surface area contributed by atoms with E-state index in [0.717, 1.165) is 29.0 Å². The summed E-state index contributed by atoms with van der Waals surface area (Å²) in [7, 11) is 0. The monoisotopic (exact) mass is 261 g/mol. The number of hydrazine groups is 1. The van der Waals surface area contributed by atoms with Gasteiger partial charge >= 0.3 is 0 Å². The molecule has 3 rings (SSSR count). The Bertz CT molecular complexity index is 511. The molecule has 1 fully saturated rings. The molecule has 1 heterocycles. The van der Waals surface area contributed by atoms with E-state index in [2.05, 4.69) is 10.4 Å². The van der Waals surface area contributed by atoms with Crippen molar-refractivity contribution in [1.29, 1.82) is 0 Å². The van der Waals surface area contributed by atoms with Crippen LogP contribution in [0.15, 0.2) is 36.0 Å². The lowest BCUT2D eigenvalue weighted by Gasteiger charge is -2.15. The number of nitrogens with one attached hydrogen (secondary N) is 1. The van der Waals surface area contributed by atoms with Crippen molar-refractivity contribution in [3.05, 3.63) is 46.4 Å². The first-order chi connectivity index (χ1) is 8.86. The molecule has 1 aromatic carbocycles. The SMILES string of the molecule is NNC(c1cccc(OC2CC2)c1)c1cncs1. The molecule has 2 aromatic rings. The van der Waals surface area contributed by atoms with E-state index in [9.17, 15) is 0 Å². The molecule has 94 valence electrons. The fourth-order valence-corrected chi connectivity index (χ4v) is 2.56. The quantitative estimate of drug-likeness (QED) is 0.640. The Morgan fingerprint density at radius 3 is 3.00 bits per heavy atom. The van der Waals surface area contributed by atoms with Crippen molar-refractivity contribution in [2.75, 3.05) is 0 Å². The highest BCUT2D eigenvalue weighted by Gasteiger charge is 2.24. The van der Waals surface area contributed by atoms with Gasteiger partial charge in [-0.25, -0.2) is 5.43 Å². The van der Waals surface area contributed by atoms with Crippen molar-refractivity contribution in [3.63, 3.8) is 0 Å². The van der Waals surface area contributed by atoms with Gasteiger partial charge in [0.2, 0.25) is 0 Å². The van der Waals surface area contributed by atoms with E-state index < -0.39 is 0 Å². The molecule has 1 aliphatic carbocycles. The summed E-state index contributed by atoms with van der Waals surface area (Å²) in [6, 6.07) is 8.05. The average molecular weight is 261 g/mol. The molecule has 1 aromatic heterocycles. The maximum atomic E-state index is 5.80. The van der Waals surface area contributed by atoms with E-state index in [1.54, 1.807) is 11.3 Å². The standard InChI is InChI=1S/C13H15N3OS/c14-16-13(12-7-15-8-18-12)9-2-1-3-11(6-9)17-10-4-5-10/h1-3,6-8,10,13,16H,4-5,14H2. The van der Waals surface area contributed by atoms with Gasteiger partial charge in [0.05, 0.1) is 17.7 Å². The first-order valence-electron chi connectivity index (χ1n) is 5.98. The van der Waals surface area contributed by atoms with Crippen molar-refractivity contribution < 1.29 is 4.74 Å². The largest absolute Gasteiger partial charge is 0.490 e. The number of hydrogen-bond acceptors (Lipinski definition) is 5. The molecular formula is C13H15N3OS. The molecule has 0 saturated heterocycles. The van der Waals surface area contributed by atoms with Crippen LogP contribution in [0.2, 0.25) is 0 Å². The summed E-state index contributed by atoms with van der Waals surface area (Å²) in [4.78, 5) is 5.19. The molecule has 0 amide bonds. The maximum absolute atomic E-state index is 5.80. The summed E-state index contributed by atoms with van der Waals surface area (Å²) in [5.41, 5.74) is 5.74. The number of thiazole rings is 1. The van der Waals surface area contributed by atoms with Crippen LogP contribution < -0.4 is 16.0 Å². The van der Waals surface area contributed by atoms with Crippen molar-refractivity contribution in [2.24, 2.45) is 5.84 Å². The predicted octanol–water partition coefficient (Wildman–Crippen LogP) is 2.24. The summed E-state index contributed by atoms with van der Waals surface area (Å²) >= 11 is 1.59. The second-order valence-electron chi connectivity index (χ2n) is 4.39. The minimum Gasteiger partial charge on any atom is -0.490 e. The van der Waals surface area contributed by atoms with Crippen LogP contribution in [0, 0.1) is 0 Å². The van der Waals surface area contributed by atoms with Crippen molar-refractivity contribution >= 4 is 11.3 Å². The Morgan fingerprint density at radius 1 is 1.44 bits per heavy atom. The minimum absolute atomic E-state index is 0.0275. The van der Waals surface area contributed by atoms with Crippen molar-refractivity contribution in [3.8, 4) is 5.75 Å². The third-order valence-electron chi connectivity index (χ3n) is 2.92. The molecule has 3 N–H and O–H groups in total. The van der Waals surface area contributed by atoms with Gasteiger partial charge in [-0.2, -0.15) is 0 Å². The van der Waals surface area contributed by atoms with Crippen molar-refractivity contribution in [2.45, 2.75) is 25.0 Å². The molecule has 1 saturated carbocycles. The van der Waals surface area contributed by atoms with E-state index in [0.29, 0.717) is 6.10 Å². The maximum Gasteiger partial charge on any atom is 0.120 e. The zero-order chi connectivity index (χ0) is 12.4. The van der Waals surface area contributed by atoms with Gasteiger partial charge in [0.1, 0.15) is 5.75 Å². The van der Waals surface area contributed by atoms with Gasteiger partial charge in [0.15, 0.2) is 0 Å². The lowest BCUT2D eigenvalue weighted by atomic mass is 10.1. The van der Waals surface area contributed by atoms with Gasteiger partial charge in [-0.05, 0) is 30.5 Å². The topological polar surface area (TPSA) is 60.2 Å². The number of nitrogens with two attached hydrogens (primary N) is 1. The molecule has 4 nitrogen and oxygen atoms in total. The number of nitrogens with zero attached hydrogens (tertiary/aromatic N) is 1. The smallest absolute Gasteiger partial charge is 0.120 e. The Kier molecular flexibility index (Phi) is 3.27. The third-order valence-corrected chi connectivity index (χ3v) is 3.76. The second kappa shape index (κ2) is 5.06. The summed E-state index contributed by atoms with van der Waals surface area (Å²) in [5.74, 6) is 6.56. The van der Waals surface area contributed by atoms with Crippen LogP contribution in [0.1, 0.15) is 29.3 Å². The van der Waals surface area contributed by atoms with Crippen molar-refractivity contribution in [1.82, 2.24) is 10.4 Å². The molecule has 0 bridgehead atoms.